The summed E-state index contributed by atoms with van der Waals surface area (Å²) in [4.78, 5) is 11.1. The van der Waals surface area contributed by atoms with E-state index in [0.29, 0.717) is 10.9 Å². The Kier molecular flexibility index (Phi) is 2.91. The van der Waals surface area contributed by atoms with Gasteiger partial charge in [-0.3, -0.25) is 8.96 Å². The van der Waals surface area contributed by atoms with E-state index in [1.165, 1.54) is 21.0 Å². The predicted octanol–water partition coefficient (Wildman–Crippen LogP) is 0.180. The van der Waals surface area contributed by atoms with Crippen LogP contribution in [0.1, 0.15) is 0 Å². The number of rotatable bonds is 3. The van der Waals surface area contributed by atoms with Gasteiger partial charge >= 0.3 is 5.69 Å². The molecular formula is C6H10FN3OS. The van der Waals surface area contributed by atoms with Crippen molar-refractivity contribution in [2.24, 2.45) is 14.1 Å². The van der Waals surface area contributed by atoms with Crippen LogP contribution in [-0.2, 0) is 14.1 Å². The molecule has 1 heterocycles. The summed E-state index contributed by atoms with van der Waals surface area (Å²) in [7, 11) is 3.19. The Morgan fingerprint density at radius 3 is 2.67 bits per heavy atom. The Hall–Kier alpha value is -0.780. The maximum atomic E-state index is 11.8. The van der Waals surface area contributed by atoms with Crippen LogP contribution in [0.25, 0.3) is 0 Å². The molecule has 0 atom stereocenters. The number of thioether (sulfide) groups is 1. The molecule has 0 radical (unpaired) electrons. The van der Waals surface area contributed by atoms with Gasteiger partial charge in [-0.15, -0.1) is 5.10 Å². The first-order valence-electron chi connectivity index (χ1n) is 3.45. The topological polar surface area (TPSA) is 39.8 Å². The van der Waals surface area contributed by atoms with E-state index in [2.05, 4.69) is 5.10 Å². The van der Waals surface area contributed by atoms with Crippen LogP contribution < -0.4 is 5.69 Å². The summed E-state index contributed by atoms with van der Waals surface area (Å²) in [6.45, 7) is -0.407. The third-order valence-corrected chi connectivity index (χ3v) is 2.37. The molecule has 1 rings (SSSR count). The SMILES string of the molecule is Cn1nc(SCCF)n(C)c1=O. The average molecular weight is 191 g/mol. The fourth-order valence-electron chi connectivity index (χ4n) is 0.793. The van der Waals surface area contributed by atoms with Gasteiger partial charge in [0.25, 0.3) is 0 Å². The van der Waals surface area contributed by atoms with Gasteiger partial charge in [0.1, 0.15) is 0 Å². The number of halogens is 1. The van der Waals surface area contributed by atoms with Crippen molar-refractivity contribution in [1.82, 2.24) is 14.3 Å². The molecule has 0 aliphatic rings. The Morgan fingerprint density at radius 2 is 2.25 bits per heavy atom. The minimum Gasteiger partial charge on any atom is -0.273 e. The summed E-state index contributed by atoms with van der Waals surface area (Å²) in [6, 6.07) is 0. The molecule has 0 fully saturated rings. The zero-order valence-electron chi connectivity index (χ0n) is 6.95. The van der Waals surface area contributed by atoms with Crippen LogP contribution in [0.5, 0.6) is 0 Å². The van der Waals surface area contributed by atoms with Gasteiger partial charge in [0.2, 0.25) is 0 Å². The number of aromatic nitrogens is 3. The molecule has 0 aromatic carbocycles. The highest BCUT2D eigenvalue weighted by Crippen LogP contribution is 2.11. The lowest BCUT2D eigenvalue weighted by Gasteiger charge is -1.94. The molecule has 0 unspecified atom stereocenters. The van der Waals surface area contributed by atoms with Crippen molar-refractivity contribution in [3.8, 4) is 0 Å². The van der Waals surface area contributed by atoms with Gasteiger partial charge in [0.15, 0.2) is 5.16 Å². The summed E-state index contributed by atoms with van der Waals surface area (Å²) in [5.41, 5.74) is -0.184. The molecule has 1 aromatic heterocycles. The minimum absolute atomic E-state index is 0.184. The monoisotopic (exact) mass is 191 g/mol. The second-order valence-electron chi connectivity index (χ2n) is 2.29. The molecular weight excluding hydrogens is 181 g/mol. The van der Waals surface area contributed by atoms with Crippen molar-refractivity contribution >= 4 is 11.8 Å². The highest BCUT2D eigenvalue weighted by atomic mass is 32.2. The lowest BCUT2D eigenvalue weighted by atomic mass is 10.9. The van der Waals surface area contributed by atoms with Gasteiger partial charge in [-0.2, -0.15) is 0 Å². The van der Waals surface area contributed by atoms with Crippen molar-refractivity contribution in [2.75, 3.05) is 12.4 Å². The van der Waals surface area contributed by atoms with Crippen LogP contribution in [0.3, 0.4) is 0 Å². The van der Waals surface area contributed by atoms with Crippen LogP contribution in [-0.4, -0.2) is 26.8 Å². The predicted molar refractivity (Wildman–Crippen MR) is 45.1 cm³/mol. The molecule has 0 amide bonds. The Balaban J connectivity index is 2.86. The molecule has 0 saturated heterocycles. The molecule has 0 spiro atoms. The number of alkyl halides is 1. The zero-order valence-corrected chi connectivity index (χ0v) is 7.77. The highest BCUT2D eigenvalue weighted by molar-refractivity contribution is 7.99. The fraction of sp³-hybridized carbons (Fsp3) is 0.667. The van der Waals surface area contributed by atoms with Crippen LogP contribution >= 0.6 is 11.8 Å². The molecule has 1 aromatic rings. The van der Waals surface area contributed by atoms with E-state index in [0.717, 1.165) is 0 Å². The molecule has 0 saturated carbocycles. The quantitative estimate of drug-likeness (QED) is 0.640. The third kappa shape index (κ3) is 1.69. The van der Waals surface area contributed by atoms with Gasteiger partial charge in [-0.05, 0) is 0 Å². The highest BCUT2D eigenvalue weighted by Gasteiger charge is 2.06. The Labute approximate surface area is 73.4 Å². The van der Waals surface area contributed by atoms with Crippen molar-refractivity contribution < 1.29 is 4.39 Å². The normalized spacial score (nSPS) is 10.6. The second kappa shape index (κ2) is 3.75. The fourth-order valence-corrected chi connectivity index (χ4v) is 1.50. The van der Waals surface area contributed by atoms with Crippen LogP contribution in [0, 0.1) is 0 Å². The molecule has 0 aliphatic carbocycles. The molecule has 4 nitrogen and oxygen atoms in total. The van der Waals surface area contributed by atoms with E-state index < -0.39 is 6.67 Å². The maximum absolute atomic E-state index is 11.8. The van der Waals surface area contributed by atoms with E-state index in [-0.39, 0.29) is 5.69 Å². The summed E-state index contributed by atoms with van der Waals surface area (Å²) in [6.07, 6.45) is 0. The van der Waals surface area contributed by atoms with Gasteiger partial charge in [0.05, 0.1) is 6.67 Å². The van der Waals surface area contributed by atoms with Crippen LogP contribution in [0.2, 0.25) is 0 Å². The summed E-state index contributed by atoms with van der Waals surface area (Å²) in [5, 5.41) is 4.47. The van der Waals surface area contributed by atoms with Gasteiger partial charge in [-0.25, -0.2) is 9.48 Å². The number of hydrogen-bond acceptors (Lipinski definition) is 3. The first-order chi connectivity index (χ1) is 5.66. The first-order valence-corrected chi connectivity index (χ1v) is 4.44. The maximum Gasteiger partial charge on any atom is 0.346 e. The average Bonchev–Trinajstić information content (AvgIpc) is 2.30. The Morgan fingerprint density at radius 1 is 1.58 bits per heavy atom. The van der Waals surface area contributed by atoms with Crippen LogP contribution in [0.4, 0.5) is 4.39 Å². The minimum atomic E-state index is -0.407. The van der Waals surface area contributed by atoms with Gasteiger partial charge in [-0.1, -0.05) is 11.8 Å². The molecule has 0 bridgehead atoms. The third-order valence-electron chi connectivity index (χ3n) is 1.39. The Bertz CT molecular complexity index is 319. The second-order valence-corrected chi connectivity index (χ2v) is 3.35. The number of nitrogens with zero attached hydrogens (tertiary/aromatic N) is 3. The van der Waals surface area contributed by atoms with E-state index in [1.807, 2.05) is 0 Å². The van der Waals surface area contributed by atoms with Crippen molar-refractivity contribution in [3.63, 3.8) is 0 Å². The van der Waals surface area contributed by atoms with Crippen molar-refractivity contribution in [3.05, 3.63) is 10.5 Å². The van der Waals surface area contributed by atoms with Gasteiger partial charge < -0.3 is 0 Å². The van der Waals surface area contributed by atoms with Crippen molar-refractivity contribution in [1.29, 1.82) is 0 Å². The van der Waals surface area contributed by atoms with E-state index in [1.54, 1.807) is 14.1 Å². The molecule has 6 heteroatoms. The van der Waals surface area contributed by atoms with Gasteiger partial charge in [0, 0.05) is 19.8 Å². The summed E-state index contributed by atoms with van der Waals surface area (Å²) >= 11 is 1.24. The zero-order chi connectivity index (χ0) is 9.14. The first kappa shape index (κ1) is 9.31. The largest absolute Gasteiger partial charge is 0.346 e. The smallest absolute Gasteiger partial charge is 0.273 e. The summed E-state index contributed by atoms with van der Waals surface area (Å²) in [5.74, 6) is 0.338. The van der Waals surface area contributed by atoms with E-state index >= 15 is 0 Å². The number of aryl methyl sites for hydroxylation is 1. The standard InChI is InChI=1S/C6H10FN3OS/c1-9-5(12-4-3-7)8-10(2)6(9)11/h3-4H2,1-2H3. The number of hydrogen-bond donors (Lipinski definition) is 0. The molecule has 68 valence electrons. The van der Waals surface area contributed by atoms with E-state index in [4.69, 9.17) is 0 Å². The van der Waals surface area contributed by atoms with Crippen LogP contribution in [0.15, 0.2) is 9.95 Å². The van der Waals surface area contributed by atoms with E-state index in [9.17, 15) is 9.18 Å². The lowest BCUT2D eigenvalue weighted by Crippen LogP contribution is -2.20. The van der Waals surface area contributed by atoms with Crippen molar-refractivity contribution in [2.45, 2.75) is 5.16 Å². The molecule has 12 heavy (non-hydrogen) atoms. The molecule has 0 aliphatic heterocycles. The lowest BCUT2D eigenvalue weighted by molar-refractivity contribution is 0.532. The molecule has 0 N–H and O–H groups in total. The summed E-state index contributed by atoms with van der Waals surface area (Å²) < 4.78 is 14.4.